The first-order chi connectivity index (χ1) is 27.7. The molecule has 0 heterocycles. The van der Waals surface area contributed by atoms with Crippen molar-refractivity contribution in [3.05, 3.63) is 0 Å². The van der Waals surface area contributed by atoms with E-state index < -0.39 is 128 Å². The van der Waals surface area contributed by atoms with Crippen molar-refractivity contribution in [3.8, 4) is 0 Å². The second-order valence-corrected chi connectivity index (χ2v) is 14.1. The van der Waals surface area contributed by atoms with E-state index in [0.717, 1.165) is 0 Å². The van der Waals surface area contributed by atoms with E-state index in [1.807, 2.05) is 0 Å². The molecule has 0 aromatic carbocycles. The molecular weight excluding hydrogens is 778 g/mol. The van der Waals surface area contributed by atoms with Crippen molar-refractivity contribution >= 4 is 58.5 Å². The maximum absolute atomic E-state index is 13.3. The average Bonchev–Trinajstić information content (AvgIpc) is 3.23. The van der Waals surface area contributed by atoms with Gasteiger partial charge >= 0.3 is 0 Å². The van der Waals surface area contributed by atoms with E-state index in [-0.39, 0.29) is 44.2 Å². The highest BCUT2D eigenvalue weighted by Gasteiger charge is 2.35. The summed E-state index contributed by atoms with van der Waals surface area (Å²) < 4.78 is 0. The summed E-state index contributed by atoms with van der Waals surface area (Å²) in [6.45, 7) is 1.90. The van der Waals surface area contributed by atoms with Crippen molar-refractivity contribution in [1.82, 2.24) is 37.2 Å². The van der Waals surface area contributed by atoms with Crippen molar-refractivity contribution in [2.75, 3.05) is 65.6 Å². The van der Waals surface area contributed by atoms with Crippen LogP contribution in [0.5, 0.6) is 0 Å². The van der Waals surface area contributed by atoms with Gasteiger partial charge in [0.25, 0.3) is 0 Å². The van der Waals surface area contributed by atoms with Gasteiger partial charge in [0, 0.05) is 0 Å². The maximum atomic E-state index is 13.3. The fourth-order valence-corrected chi connectivity index (χ4v) is 4.87. The molecule has 336 valence electrons. The molecule has 23 nitrogen and oxygen atoms in total. The highest BCUT2D eigenvalue weighted by molar-refractivity contribution is 6.12. The lowest BCUT2D eigenvalue weighted by Crippen LogP contribution is -2.59. The van der Waals surface area contributed by atoms with Gasteiger partial charge in [-0.05, 0) is 47.1 Å². The van der Waals surface area contributed by atoms with E-state index >= 15 is 0 Å². The van der Waals surface area contributed by atoms with Gasteiger partial charge < -0.3 is 64.5 Å². The fraction of sp³-hybridized carbons (Fsp3) is 0.722. The number of aliphatic hydroxyl groups excluding tert-OH is 2. The summed E-state index contributed by atoms with van der Waals surface area (Å²) in [7, 11) is 0. The van der Waals surface area contributed by atoms with E-state index in [4.69, 9.17) is 22.9 Å². The predicted octanol–water partition coefficient (Wildman–Crippen LogP) is -8.22. The Labute approximate surface area is 343 Å². The van der Waals surface area contributed by atoms with Gasteiger partial charge in [0.2, 0.25) is 5.91 Å². The summed E-state index contributed by atoms with van der Waals surface area (Å²) in [5, 5.41) is 37.1. The van der Waals surface area contributed by atoms with E-state index in [1.165, 1.54) is 13.8 Å². The molecule has 0 fully saturated rings. The molecule has 0 aliphatic rings. The molecular formula is C36H65N11O12. The predicted molar refractivity (Wildman–Crippen MR) is 214 cm³/mol. The molecule has 1 amide bonds. The minimum atomic E-state index is -1.82. The molecule has 23 heteroatoms. The number of ketones is 8. The number of unbranched alkanes of at least 4 members (excludes halogenated alkanes) is 1. The van der Waals surface area contributed by atoms with Crippen LogP contribution in [0, 0.1) is 0 Å². The molecule has 0 spiro atoms. The number of nitrogens with one attached hydrogen (secondary N) is 7. The molecule has 0 radical (unpaired) electrons. The number of rotatable bonds is 37. The molecule has 17 N–H and O–H groups in total. The van der Waals surface area contributed by atoms with Crippen LogP contribution in [-0.4, -0.2) is 189 Å². The van der Waals surface area contributed by atoms with Gasteiger partial charge in [-0.3, -0.25) is 53.8 Å². The van der Waals surface area contributed by atoms with Crippen LogP contribution in [0.25, 0.3) is 0 Å². The minimum absolute atomic E-state index is 0.0544. The third-order valence-electron chi connectivity index (χ3n) is 9.09. The molecule has 0 aromatic rings. The number of Topliss-reactive ketones (excluding diaryl/α,β-unsaturated/α-hetero) is 8. The number of hydrogen-bond acceptors (Lipinski definition) is 22. The average molecular weight is 844 g/mol. The van der Waals surface area contributed by atoms with Gasteiger partial charge in [0.15, 0.2) is 46.3 Å². The Morgan fingerprint density at radius 3 is 1.34 bits per heavy atom. The van der Waals surface area contributed by atoms with Crippen molar-refractivity contribution in [1.29, 1.82) is 0 Å². The molecule has 0 aliphatic carbocycles. The van der Waals surface area contributed by atoms with Crippen molar-refractivity contribution in [2.45, 2.75) is 101 Å². The molecule has 0 saturated heterocycles. The normalized spacial score (nSPS) is 16.0. The summed E-state index contributed by atoms with van der Waals surface area (Å²) in [5.41, 5.74) is 22.6. The fourth-order valence-electron chi connectivity index (χ4n) is 4.87. The molecule has 5 unspecified atom stereocenters. The van der Waals surface area contributed by atoms with Gasteiger partial charge in [0.1, 0.15) is 18.4 Å². The Balaban J connectivity index is 5.33. The number of carbonyl (C=O) groups is 10. The maximum Gasteiger partial charge on any atom is 0.237 e. The van der Waals surface area contributed by atoms with Gasteiger partial charge in [-0.15, -0.1) is 0 Å². The Morgan fingerprint density at radius 1 is 0.525 bits per heavy atom. The van der Waals surface area contributed by atoms with Crippen LogP contribution in [0.2, 0.25) is 0 Å². The van der Waals surface area contributed by atoms with Gasteiger partial charge in [-0.2, -0.15) is 0 Å². The van der Waals surface area contributed by atoms with E-state index in [1.54, 1.807) is 13.8 Å². The van der Waals surface area contributed by atoms with Gasteiger partial charge in [-0.1, -0.05) is 6.42 Å². The zero-order valence-corrected chi connectivity index (χ0v) is 34.3. The topological polar surface area (TPSA) is 399 Å². The smallest absolute Gasteiger partial charge is 0.237 e. The molecule has 0 bridgehead atoms. The second kappa shape index (κ2) is 30.1. The van der Waals surface area contributed by atoms with E-state index in [2.05, 4.69) is 37.2 Å². The molecule has 59 heavy (non-hydrogen) atoms. The monoisotopic (exact) mass is 843 g/mol. The standard InChI is InChI=1S/C36H65N11O12/c1-19(16-48)41-9-23(51)10-42-20(2)27(52)11-43-21(3)28(53)12-44-22(4)29(54)13-45-32(34(57)25(39)17-49)30(55)14-46-33(35(58)26(40)18-50)31(56)15-47-36(59)24(38)7-5-6-8-37/h16,19-22,24-26,32-33,41-46,49-50H,5-15,17-18,37-40H2,1-4H3,(H,47,59)/t19-,20?,21?,22?,24-,25-,26-,32?,33?/m0/s1. The molecule has 9 atom stereocenters. The summed E-state index contributed by atoms with van der Waals surface area (Å²) >= 11 is 0. The van der Waals surface area contributed by atoms with Crippen LogP contribution in [0.4, 0.5) is 0 Å². The van der Waals surface area contributed by atoms with Crippen LogP contribution < -0.4 is 60.2 Å². The number of aliphatic hydroxyl groups is 2. The van der Waals surface area contributed by atoms with Crippen LogP contribution in [-0.2, 0) is 47.9 Å². The van der Waals surface area contributed by atoms with Crippen LogP contribution in [0.15, 0.2) is 0 Å². The van der Waals surface area contributed by atoms with E-state index in [9.17, 15) is 58.2 Å². The highest BCUT2D eigenvalue weighted by Crippen LogP contribution is 2.01. The largest absolute Gasteiger partial charge is 0.394 e. The first-order valence-corrected chi connectivity index (χ1v) is 19.3. The van der Waals surface area contributed by atoms with Crippen LogP contribution in [0.1, 0.15) is 47.0 Å². The summed E-state index contributed by atoms with van der Waals surface area (Å²) in [4.78, 5) is 125. The lowest BCUT2D eigenvalue weighted by atomic mass is 9.99. The summed E-state index contributed by atoms with van der Waals surface area (Å²) in [5.74, 6) is -6.28. The SMILES string of the molecule is CC(NCC(=O)CN[C@@H](C)C=O)C(=O)CNC(C)C(=O)CNC(C)C(=O)CNC(C(=O)CNC(C(=O)CNC(=O)[C@@H](N)CCCCN)C(=O)[C@@H](N)CO)C(=O)[C@@H](N)CO. The highest BCUT2D eigenvalue weighted by atomic mass is 16.3. The zero-order chi connectivity index (χ0) is 45.2. The number of aldehydes is 1. The molecule has 0 saturated carbocycles. The Hall–Kier alpha value is -3.98. The molecule has 0 aromatic heterocycles. The summed E-state index contributed by atoms with van der Waals surface area (Å²) in [6.07, 6.45) is 2.12. The first kappa shape index (κ1) is 55.0. The Bertz CT molecular complexity index is 1440. The molecule has 0 rings (SSSR count). The van der Waals surface area contributed by atoms with Crippen molar-refractivity contribution in [3.63, 3.8) is 0 Å². The Kier molecular flexibility index (Phi) is 28.1. The third kappa shape index (κ3) is 21.7. The number of nitrogens with two attached hydrogens (primary N) is 4. The number of carbonyl (C=O) groups excluding carboxylic acids is 10. The lowest BCUT2D eigenvalue weighted by Gasteiger charge is -2.23. The second-order valence-electron chi connectivity index (χ2n) is 14.1. The van der Waals surface area contributed by atoms with Gasteiger partial charge in [-0.25, -0.2) is 0 Å². The first-order valence-electron chi connectivity index (χ1n) is 19.3. The van der Waals surface area contributed by atoms with Crippen LogP contribution in [0.3, 0.4) is 0 Å². The number of hydrogen-bond donors (Lipinski definition) is 13. The molecule has 0 aliphatic heterocycles. The number of amides is 1. The van der Waals surface area contributed by atoms with Crippen LogP contribution >= 0.6 is 0 Å². The van der Waals surface area contributed by atoms with Gasteiger partial charge in [0.05, 0.1) is 101 Å². The summed E-state index contributed by atoms with van der Waals surface area (Å²) in [6, 6.07) is -10.7. The minimum Gasteiger partial charge on any atom is -0.394 e. The zero-order valence-electron chi connectivity index (χ0n) is 34.3. The van der Waals surface area contributed by atoms with Crippen molar-refractivity contribution in [2.24, 2.45) is 22.9 Å². The Morgan fingerprint density at radius 2 is 0.915 bits per heavy atom. The third-order valence-corrected chi connectivity index (χ3v) is 9.09. The van der Waals surface area contributed by atoms with E-state index in [0.29, 0.717) is 25.7 Å². The lowest BCUT2D eigenvalue weighted by molar-refractivity contribution is -0.133. The quantitative estimate of drug-likeness (QED) is 0.0157. The van der Waals surface area contributed by atoms with Crippen molar-refractivity contribution < 1.29 is 58.2 Å².